The van der Waals surface area contributed by atoms with Crippen molar-refractivity contribution in [1.82, 2.24) is 4.98 Å². The molecule has 0 bridgehead atoms. The summed E-state index contributed by atoms with van der Waals surface area (Å²) in [5, 5.41) is 0. The molecule has 4 nitrogen and oxygen atoms in total. The summed E-state index contributed by atoms with van der Waals surface area (Å²) < 4.78 is 27.0. The van der Waals surface area contributed by atoms with Crippen LogP contribution in [0.3, 0.4) is 0 Å². The van der Waals surface area contributed by atoms with Crippen molar-refractivity contribution >= 4 is 15.7 Å². The predicted molar refractivity (Wildman–Crippen MR) is 80.2 cm³/mol. The van der Waals surface area contributed by atoms with Crippen LogP contribution >= 0.6 is 0 Å². The fraction of sp³-hybridized carbons (Fsp3) is 0.267. The second-order valence-corrected chi connectivity index (χ2v) is 6.40. The largest absolute Gasteiger partial charge is 0.280 e. The molecule has 20 heavy (non-hydrogen) atoms. The number of aromatic nitrogens is 1. The highest BCUT2D eigenvalue weighted by molar-refractivity contribution is 7.92. The van der Waals surface area contributed by atoms with Gasteiger partial charge in [-0.1, -0.05) is 26.0 Å². The van der Waals surface area contributed by atoms with E-state index >= 15 is 0 Å². The summed E-state index contributed by atoms with van der Waals surface area (Å²) in [6.45, 7) is 4.24. The van der Waals surface area contributed by atoms with Crippen molar-refractivity contribution in [3.05, 3.63) is 54.4 Å². The van der Waals surface area contributed by atoms with Gasteiger partial charge in [-0.25, -0.2) is 8.42 Å². The van der Waals surface area contributed by atoms with Crippen molar-refractivity contribution in [3.63, 3.8) is 0 Å². The van der Waals surface area contributed by atoms with Gasteiger partial charge < -0.3 is 0 Å². The summed E-state index contributed by atoms with van der Waals surface area (Å²) in [6, 6.07) is 10.3. The van der Waals surface area contributed by atoms with Gasteiger partial charge in [-0.2, -0.15) is 0 Å². The van der Waals surface area contributed by atoms with Crippen molar-refractivity contribution < 1.29 is 8.42 Å². The summed E-state index contributed by atoms with van der Waals surface area (Å²) in [5.41, 5.74) is 1.65. The summed E-state index contributed by atoms with van der Waals surface area (Å²) >= 11 is 0. The molecule has 0 radical (unpaired) electrons. The van der Waals surface area contributed by atoms with E-state index in [1.54, 1.807) is 36.7 Å². The van der Waals surface area contributed by atoms with Crippen LogP contribution in [0.1, 0.15) is 31.7 Å². The Bertz CT molecular complexity index is 652. The molecule has 0 saturated carbocycles. The average Bonchev–Trinajstić information content (AvgIpc) is 2.47. The lowest BCUT2D eigenvalue weighted by atomic mass is 9.99. The lowest BCUT2D eigenvalue weighted by Crippen LogP contribution is -2.13. The maximum Gasteiger partial charge on any atom is 0.261 e. The second kappa shape index (κ2) is 6.05. The maximum atomic E-state index is 12.2. The molecule has 2 rings (SSSR count). The molecule has 106 valence electrons. The normalized spacial score (nSPS) is 12.9. The van der Waals surface area contributed by atoms with Crippen LogP contribution in [0.4, 0.5) is 5.69 Å². The number of rotatable bonds is 5. The van der Waals surface area contributed by atoms with Crippen LogP contribution in [-0.4, -0.2) is 13.4 Å². The molecule has 5 heteroatoms. The highest BCUT2D eigenvalue weighted by atomic mass is 32.2. The smallest absolute Gasteiger partial charge is 0.261 e. The van der Waals surface area contributed by atoms with Crippen molar-refractivity contribution in [2.75, 3.05) is 4.72 Å². The maximum absolute atomic E-state index is 12.2. The fourth-order valence-corrected chi connectivity index (χ4v) is 2.90. The fourth-order valence-electron chi connectivity index (χ4n) is 1.85. The molecule has 0 unspecified atom stereocenters. The number of hydrogen-bond acceptors (Lipinski definition) is 3. The van der Waals surface area contributed by atoms with Gasteiger partial charge in [0.1, 0.15) is 0 Å². The van der Waals surface area contributed by atoms with Crippen LogP contribution in [-0.2, 0) is 10.0 Å². The Hall–Kier alpha value is -1.88. The third-order valence-electron chi connectivity index (χ3n) is 3.30. The van der Waals surface area contributed by atoms with E-state index in [0.717, 1.165) is 12.0 Å². The molecule has 0 aliphatic heterocycles. The van der Waals surface area contributed by atoms with Crippen molar-refractivity contribution in [1.29, 1.82) is 0 Å². The van der Waals surface area contributed by atoms with Gasteiger partial charge in [0.15, 0.2) is 0 Å². The zero-order valence-corrected chi connectivity index (χ0v) is 12.4. The molecule has 0 spiro atoms. The van der Waals surface area contributed by atoms with Crippen LogP contribution in [0.15, 0.2) is 53.7 Å². The Morgan fingerprint density at radius 3 is 2.25 bits per heavy atom. The molecule has 1 aromatic carbocycles. The van der Waals surface area contributed by atoms with Crippen molar-refractivity contribution in [2.45, 2.75) is 31.1 Å². The number of nitrogens with zero attached hydrogens (tertiary/aromatic N) is 1. The molecule has 0 fully saturated rings. The van der Waals surface area contributed by atoms with Crippen LogP contribution in [0.2, 0.25) is 0 Å². The van der Waals surface area contributed by atoms with Crippen LogP contribution in [0.5, 0.6) is 0 Å². The van der Waals surface area contributed by atoms with Crippen LogP contribution in [0.25, 0.3) is 0 Å². The predicted octanol–water partition coefficient (Wildman–Crippen LogP) is 3.40. The van der Waals surface area contributed by atoms with E-state index in [2.05, 4.69) is 23.6 Å². The monoisotopic (exact) mass is 290 g/mol. The molecule has 1 heterocycles. The molecule has 0 aliphatic carbocycles. The average molecular weight is 290 g/mol. The molecule has 1 N–H and O–H groups in total. The zero-order chi connectivity index (χ0) is 14.6. The van der Waals surface area contributed by atoms with Crippen molar-refractivity contribution in [2.24, 2.45) is 0 Å². The topological polar surface area (TPSA) is 59.1 Å². The number of pyridine rings is 1. The molecular weight excluding hydrogens is 272 g/mol. The Balaban J connectivity index is 2.22. The third kappa shape index (κ3) is 3.36. The third-order valence-corrected chi connectivity index (χ3v) is 4.70. The summed E-state index contributed by atoms with van der Waals surface area (Å²) in [6.07, 6.45) is 4.12. The standard InChI is InChI=1S/C15H18N2O2S/c1-3-12(2)13-4-6-15(7-5-13)20(18,19)17-14-8-10-16-11-9-14/h4-12H,3H2,1-2H3,(H,16,17)/t12-/m1/s1. The Morgan fingerprint density at radius 1 is 1.10 bits per heavy atom. The number of sulfonamides is 1. The Labute approximate surface area is 119 Å². The van der Waals surface area contributed by atoms with E-state index in [9.17, 15) is 8.42 Å². The van der Waals surface area contributed by atoms with Crippen molar-refractivity contribution in [3.8, 4) is 0 Å². The van der Waals surface area contributed by atoms with E-state index in [4.69, 9.17) is 0 Å². The first-order valence-corrected chi connectivity index (χ1v) is 8.04. The minimum absolute atomic E-state index is 0.265. The molecule has 0 amide bonds. The summed E-state index contributed by atoms with van der Waals surface area (Å²) in [4.78, 5) is 4.12. The second-order valence-electron chi connectivity index (χ2n) is 4.72. The van der Waals surface area contributed by atoms with Gasteiger partial charge in [-0.15, -0.1) is 0 Å². The minimum atomic E-state index is -3.54. The zero-order valence-electron chi connectivity index (χ0n) is 11.6. The molecular formula is C15H18N2O2S. The first-order chi connectivity index (χ1) is 9.53. The van der Waals surface area contributed by atoms with E-state index in [-0.39, 0.29) is 4.90 Å². The number of benzene rings is 1. The molecule has 1 aromatic heterocycles. The lowest BCUT2D eigenvalue weighted by molar-refractivity contribution is 0.601. The van der Waals surface area contributed by atoms with Gasteiger partial charge >= 0.3 is 0 Å². The highest BCUT2D eigenvalue weighted by Crippen LogP contribution is 2.21. The SMILES string of the molecule is CC[C@@H](C)c1ccc(S(=O)(=O)Nc2ccncc2)cc1. The first-order valence-electron chi connectivity index (χ1n) is 6.55. The van der Waals surface area contributed by atoms with Gasteiger partial charge in [0, 0.05) is 12.4 Å². The lowest BCUT2D eigenvalue weighted by Gasteiger charge is -2.11. The number of anilines is 1. The molecule has 2 aromatic rings. The summed E-state index contributed by atoms with van der Waals surface area (Å²) in [5.74, 6) is 0.430. The quantitative estimate of drug-likeness (QED) is 0.918. The van der Waals surface area contributed by atoms with Gasteiger partial charge in [-0.3, -0.25) is 9.71 Å². The van der Waals surface area contributed by atoms with Gasteiger partial charge in [0.25, 0.3) is 10.0 Å². The molecule has 0 saturated heterocycles. The van der Waals surface area contributed by atoms with Gasteiger partial charge in [0.2, 0.25) is 0 Å². The van der Waals surface area contributed by atoms with E-state index in [1.807, 2.05) is 12.1 Å². The Morgan fingerprint density at radius 2 is 1.70 bits per heavy atom. The highest BCUT2D eigenvalue weighted by Gasteiger charge is 2.14. The van der Waals surface area contributed by atoms with Gasteiger partial charge in [0.05, 0.1) is 10.6 Å². The number of nitrogens with one attached hydrogen (secondary N) is 1. The van der Waals surface area contributed by atoms with Gasteiger partial charge in [-0.05, 0) is 42.2 Å². The van der Waals surface area contributed by atoms with E-state index in [0.29, 0.717) is 11.6 Å². The van der Waals surface area contributed by atoms with E-state index < -0.39 is 10.0 Å². The summed E-state index contributed by atoms with van der Waals surface area (Å²) in [7, 11) is -3.54. The Kier molecular flexibility index (Phi) is 4.39. The van der Waals surface area contributed by atoms with E-state index in [1.165, 1.54) is 0 Å². The first kappa shape index (κ1) is 14.5. The van der Waals surface area contributed by atoms with Crippen LogP contribution < -0.4 is 4.72 Å². The molecule has 0 aliphatic rings. The van der Waals surface area contributed by atoms with Crippen LogP contribution in [0, 0.1) is 0 Å². The minimum Gasteiger partial charge on any atom is -0.280 e. The molecule has 1 atom stereocenters. The number of hydrogen-bond donors (Lipinski definition) is 1.